The highest BCUT2D eigenvalue weighted by Gasteiger charge is 2.18. The second kappa shape index (κ2) is 5.18. The number of methoxy groups -OCH3 is 3. The molecule has 0 aromatic heterocycles. The normalized spacial score (nSPS) is 10.3. The summed E-state index contributed by atoms with van der Waals surface area (Å²) < 4.78 is 15.4. The Bertz CT molecular complexity index is 632. The van der Waals surface area contributed by atoms with Crippen LogP contribution in [-0.4, -0.2) is 27.3 Å². The summed E-state index contributed by atoms with van der Waals surface area (Å²) in [5.41, 5.74) is 1.42. The molecule has 19 heavy (non-hydrogen) atoms. The van der Waals surface area contributed by atoms with E-state index in [-0.39, 0.29) is 0 Å². The molecule has 0 spiro atoms. The third-order valence-corrected chi connectivity index (χ3v) is 3.03. The maximum Gasteiger partial charge on any atom is 0.342 e. The van der Waals surface area contributed by atoms with Crippen molar-refractivity contribution < 1.29 is 19.0 Å². The number of hydrogen-bond donors (Lipinski definition) is 0. The van der Waals surface area contributed by atoms with Crippen molar-refractivity contribution in [1.82, 2.24) is 0 Å². The molecular formula is C15H16O4. The van der Waals surface area contributed by atoms with Crippen LogP contribution in [0.5, 0.6) is 11.5 Å². The SMILES string of the molecule is COC(=O)c1c(OC)ccc2c(OC)cc(C)cc12. The fraction of sp³-hybridized carbons (Fsp3) is 0.267. The highest BCUT2D eigenvalue weighted by Crippen LogP contribution is 2.34. The summed E-state index contributed by atoms with van der Waals surface area (Å²) in [7, 11) is 4.49. The van der Waals surface area contributed by atoms with E-state index in [4.69, 9.17) is 14.2 Å². The highest BCUT2D eigenvalue weighted by atomic mass is 16.5. The largest absolute Gasteiger partial charge is 0.496 e. The Morgan fingerprint density at radius 2 is 1.63 bits per heavy atom. The molecule has 0 N–H and O–H groups in total. The van der Waals surface area contributed by atoms with Crippen molar-refractivity contribution in [1.29, 1.82) is 0 Å². The van der Waals surface area contributed by atoms with Crippen LogP contribution in [0, 0.1) is 6.92 Å². The zero-order valence-corrected chi connectivity index (χ0v) is 11.4. The number of fused-ring (bicyclic) bond motifs is 1. The molecule has 0 heterocycles. The summed E-state index contributed by atoms with van der Waals surface area (Å²) in [6.07, 6.45) is 0. The maximum absolute atomic E-state index is 12.0. The first-order chi connectivity index (χ1) is 9.12. The summed E-state index contributed by atoms with van der Waals surface area (Å²) in [5.74, 6) is 0.796. The topological polar surface area (TPSA) is 44.8 Å². The molecule has 0 unspecified atom stereocenters. The van der Waals surface area contributed by atoms with Crippen molar-refractivity contribution in [2.24, 2.45) is 0 Å². The van der Waals surface area contributed by atoms with Crippen LogP contribution in [0.2, 0.25) is 0 Å². The van der Waals surface area contributed by atoms with Crippen molar-refractivity contribution in [2.75, 3.05) is 21.3 Å². The van der Waals surface area contributed by atoms with Crippen molar-refractivity contribution in [3.8, 4) is 11.5 Å². The molecule has 0 saturated heterocycles. The maximum atomic E-state index is 12.0. The molecule has 0 radical (unpaired) electrons. The summed E-state index contributed by atoms with van der Waals surface area (Å²) >= 11 is 0. The van der Waals surface area contributed by atoms with Gasteiger partial charge in [-0.3, -0.25) is 0 Å². The smallest absolute Gasteiger partial charge is 0.342 e. The van der Waals surface area contributed by atoms with E-state index in [2.05, 4.69) is 0 Å². The fourth-order valence-electron chi connectivity index (χ4n) is 2.17. The van der Waals surface area contributed by atoms with Gasteiger partial charge in [-0.25, -0.2) is 4.79 Å². The Hall–Kier alpha value is -2.23. The minimum Gasteiger partial charge on any atom is -0.496 e. The number of esters is 1. The van der Waals surface area contributed by atoms with Gasteiger partial charge in [-0.05, 0) is 30.7 Å². The Balaban J connectivity index is 2.88. The quantitative estimate of drug-likeness (QED) is 0.796. The van der Waals surface area contributed by atoms with Crippen LogP contribution in [0.3, 0.4) is 0 Å². The molecule has 0 aliphatic heterocycles. The molecule has 4 nitrogen and oxygen atoms in total. The van der Waals surface area contributed by atoms with Crippen LogP contribution in [0.15, 0.2) is 24.3 Å². The van der Waals surface area contributed by atoms with Gasteiger partial charge in [0.05, 0.1) is 21.3 Å². The molecule has 4 heteroatoms. The van der Waals surface area contributed by atoms with E-state index in [1.807, 2.05) is 25.1 Å². The lowest BCUT2D eigenvalue weighted by Crippen LogP contribution is -2.05. The van der Waals surface area contributed by atoms with Gasteiger partial charge < -0.3 is 14.2 Å². The Morgan fingerprint density at radius 1 is 0.947 bits per heavy atom. The van der Waals surface area contributed by atoms with Gasteiger partial charge in [0.2, 0.25) is 0 Å². The van der Waals surface area contributed by atoms with Crippen LogP contribution in [0.25, 0.3) is 10.8 Å². The fourth-order valence-corrected chi connectivity index (χ4v) is 2.17. The number of rotatable bonds is 3. The Kier molecular flexibility index (Phi) is 3.60. The third kappa shape index (κ3) is 2.21. The number of carbonyl (C=O) groups is 1. The number of benzene rings is 2. The summed E-state index contributed by atoms with van der Waals surface area (Å²) in [5, 5.41) is 1.62. The zero-order chi connectivity index (χ0) is 14.0. The second-order valence-corrected chi connectivity index (χ2v) is 4.20. The monoisotopic (exact) mass is 260 g/mol. The van der Waals surface area contributed by atoms with Crippen molar-refractivity contribution in [3.05, 3.63) is 35.4 Å². The highest BCUT2D eigenvalue weighted by molar-refractivity contribution is 6.08. The van der Waals surface area contributed by atoms with Gasteiger partial charge in [0.1, 0.15) is 17.1 Å². The van der Waals surface area contributed by atoms with E-state index in [0.29, 0.717) is 11.3 Å². The van der Waals surface area contributed by atoms with Crippen molar-refractivity contribution in [2.45, 2.75) is 6.92 Å². The molecule has 2 rings (SSSR count). The van der Waals surface area contributed by atoms with E-state index in [0.717, 1.165) is 22.1 Å². The van der Waals surface area contributed by atoms with E-state index in [1.54, 1.807) is 13.2 Å². The molecule has 2 aromatic rings. The van der Waals surface area contributed by atoms with Gasteiger partial charge >= 0.3 is 5.97 Å². The van der Waals surface area contributed by atoms with E-state index < -0.39 is 5.97 Å². The summed E-state index contributed by atoms with van der Waals surface area (Å²) in [6, 6.07) is 7.47. The molecule has 0 aliphatic rings. The van der Waals surface area contributed by atoms with Crippen LogP contribution < -0.4 is 9.47 Å². The Labute approximate surface area is 111 Å². The standard InChI is InChI=1S/C15H16O4/c1-9-7-11-10(13(8-9)18-3)5-6-12(17-2)14(11)15(16)19-4/h5-8H,1-4H3. The van der Waals surface area contributed by atoms with Gasteiger partial charge in [-0.1, -0.05) is 6.07 Å². The van der Waals surface area contributed by atoms with Crippen molar-refractivity contribution in [3.63, 3.8) is 0 Å². The lowest BCUT2D eigenvalue weighted by molar-refractivity contribution is 0.0599. The van der Waals surface area contributed by atoms with Gasteiger partial charge in [0, 0.05) is 10.8 Å². The average molecular weight is 260 g/mol. The van der Waals surface area contributed by atoms with Crippen LogP contribution in [0.1, 0.15) is 15.9 Å². The first-order valence-corrected chi connectivity index (χ1v) is 5.86. The first-order valence-electron chi connectivity index (χ1n) is 5.86. The lowest BCUT2D eigenvalue weighted by Gasteiger charge is -2.13. The Morgan fingerprint density at radius 3 is 2.21 bits per heavy atom. The van der Waals surface area contributed by atoms with Gasteiger partial charge in [0.25, 0.3) is 0 Å². The van der Waals surface area contributed by atoms with Crippen LogP contribution in [-0.2, 0) is 4.74 Å². The number of hydrogen-bond acceptors (Lipinski definition) is 4. The molecule has 0 aliphatic carbocycles. The van der Waals surface area contributed by atoms with Crippen molar-refractivity contribution >= 4 is 16.7 Å². The van der Waals surface area contributed by atoms with E-state index >= 15 is 0 Å². The molecule has 0 saturated carbocycles. The number of carbonyl (C=O) groups excluding carboxylic acids is 1. The van der Waals surface area contributed by atoms with E-state index in [1.165, 1.54) is 14.2 Å². The van der Waals surface area contributed by atoms with Crippen LogP contribution in [0.4, 0.5) is 0 Å². The summed E-state index contributed by atoms with van der Waals surface area (Å²) in [6.45, 7) is 1.95. The minimum atomic E-state index is -0.421. The minimum absolute atomic E-state index is 0.421. The number of aryl methyl sites for hydroxylation is 1. The predicted molar refractivity (Wildman–Crippen MR) is 73.1 cm³/mol. The van der Waals surface area contributed by atoms with Crippen LogP contribution >= 0.6 is 0 Å². The average Bonchev–Trinajstić information content (AvgIpc) is 2.44. The molecule has 0 atom stereocenters. The molecular weight excluding hydrogens is 244 g/mol. The van der Waals surface area contributed by atoms with Gasteiger partial charge in [-0.15, -0.1) is 0 Å². The third-order valence-electron chi connectivity index (χ3n) is 3.03. The molecule has 0 bridgehead atoms. The molecule has 0 fully saturated rings. The lowest BCUT2D eigenvalue weighted by atomic mass is 10.0. The zero-order valence-electron chi connectivity index (χ0n) is 11.4. The molecule has 0 amide bonds. The molecule has 2 aromatic carbocycles. The van der Waals surface area contributed by atoms with Gasteiger partial charge in [-0.2, -0.15) is 0 Å². The first kappa shape index (κ1) is 13.2. The molecule has 100 valence electrons. The number of ether oxygens (including phenoxy) is 3. The predicted octanol–water partition coefficient (Wildman–Crippen LogP) is 2.95. The van der Waals surface area contributed by atoms with Gasteiger partial charge in [0.15, 0.2) is 0 Å². The van der Waals surface area contributed by atoms with E-state index in [9.17, 15) is 4.79 Å². The summed E-state index contributed by atoms with van der Waals surface area (Å²) in [4.78, 5) is 12.0. The second-order valence-electron chi connectivity index (χ2n) is 4.20.